The summed E-state index contributed by atoms with van der Waals surface area (Å²) in [5.74, 6) is -0.481. The molecule has 1 amide bonds. The number of rotatable bonds is 3. The predicted molar refractivity (Wildman–Crippen MR) is 71.4 cm³/mol. The van der Waals surface area contributed by atoms with Crippen LogP contribution in [0.4, 0.5) is 5.69 Å². The summed E-state index contributed by atoms with van der Waals surface area (Å²) >= 11 is 0. The predicted octanol–water partition coefficient (Wildman–Crippen LogP) is 2.27. The van der Waals surface area contributed by atoms with Crippen molar-refractivity contribution >= 4 is 17.6 Å². The van der Waals surface area contributed by atoms with Gasteiger partial charge in [0.05, 0.1) is 5.41 Å². The molecule has 1 aliphatic heterocycles. The van der Waals surface area contributed by atoms with Crippen molar-refractivity contribution in [3.05, 3.63) is 29.3 Å². The van der Waals surface area contributed by atoms with E-state index in [-0.39, 0.29) is 12.5 Å². The molecule has 0 aromatic heterocycles. The van der Waals surface area contributed by atoms with E-state index in [4.69, 9.17) is 5.11 Å². The Hall–Kier alpha value is -1.84. The number of anilines is 1. The Morgan fingerprint density at radius 1 is 1.42 bits per heavy atom. The van der Waals surface area contributed by atoms with Crippen LogP contribution in [0.3, 0.4) is 0 Å². The van der Waals surface area contributed by atoms with Gasteiger partial charge in [-0.25, -0.2) is 0 Å². The van der Waals surface area contributed by atoms with Crippen molar-refractivity contribution in [2.75, 3.05) is 11.4 Å². The highest BCUT2D eigenvalue weighted by molar-refractivity contribution is 6.09. The highest BCUT2D eigenvalue weighted by atomic mass is 16.4. The number of carbonyl (C=O) groups excluding carboxylic acids is 1. The van der Waals surface area contributed by atoms with Crippen LogP contribution in [0.25, 0.3) is 0 Å². The zero-order valence-electron chi connectivity index (χ0n) is 11.1. The van der Waals surface area contributed by atoms with Crippen LogP contribution in [0.1, 0.15) is 43.7 Å². The van der Waals surface area contributed by atoms with Crippen molar-refractivity contribution in [3.63, 3.8) is 0 Å². The molecule has 1 heterocycles. The Kier molecular flexibility index (Phi) is 2.46. The SMILES string of the molecule is CC1(C)C(=O)N(CC(=O)O)c2ccc(C3CC3)cc21. The van der Waals surface area contributed by atoms with Crippen LogP contribution in [0.2, 0.25) is 0 Å². The molecule has 19 heavy (non-hydrogen) atoms. The molecule has 0 atom stereocenters. The normalized spacial score (nSPS) is 20.5. The first-order valence-corrected chi connectivity index (χ1v) is 6.59. The van der Waals surface area contributed by atoms with Crippen LogP contribution in [-0.4, -0.2) is 23.5 Å². The third-order valence-corrected chi connectivity index (χ3v) is 4.11. The molecule has 1 aromatic rings. The Bertz CT molecular complexity index is 573. The Balaban J connectivity index is 2.07. The molecule has 3 rings (SSSR count). The molecular weight excluding hydrogens is 242 g/mol. The van der Waals surface area contributed by atoms with Crippen molar-refractivity contribution < 1.29 is 14.7 Å². The van der Waals surface area contributed by atoms with Crippen LogP contribution < -0.4 is 4.90 Å². The van der Waals surface area contributed by atoms with Crippen molar-refractivity contribution in [2.24, 2.45) is 0 Å². The maximum absolute atomic E-state index is 12.4. The first kappa shape index (κ1) is 12.2. The maximum Gasteiger partial charge on any atom is 0.323 e. The molecule has 1 saturated carbocycles. The van der Waals surface area contributed by atoms with Crippen molar-refractivity contribution in [1.29, 1.82) is 0 Å². The summed E-state index contributed by atoms with van der Waals surface area (Å²) in [4.78, 5) is 24.7. The zero-order chi connectivity index (χ0) is 13.8. The molecule has 100 valence electrons. The Morgan fingerprint density at radius 3 is 2.68 bits per heavy atom. The number of hydrogen-bond donors (Lipinski definition) is 1. The lowest BCUT2D eigenvalue weighted by molar-refractivity contribution is -0.137. The van der Waals surface area contributed by atoms with E-state index in [0.29, 0.717) is 5.92 Å². The van der Waals surface area contributed by atoms with Gasteiger partial charge in [0.2, 0.25) is 5.91 Å². The van der Waals surface area contributed by atoms with Crippen molar-refractivity contribution in [1.82, 2.24) is 0 Å². The summed E-state index contributed by atoms with van der Waals surface area (Å²) in [6.45, 7) is 3.47. The standard InChI is InChI=1S/C15H17NO3/c1-15(2)11-7-10(9-3-4-9)5-6-12(11)16(14(15)19)8-13(17)18/h5-7,9H,3-4,8H2,1-2H3,(H,17,18). The highest BCUT2D eigenvalue weighted by Crippen LogP contribution is 2.46. The van der Waals surface area contributed by atoms with Crippen LogP contribution in [0.15, 0.2) is 18.2 Å². The zero-order valence-corrected chi connectivity index (χ0v) is 11.1. The van der Waals surface area contributed by atoms with Gasteiger partial charge in [0.15, 0.2) is 0 Å². The van der Waals surface area contributed by atoms with Gasteiger partial charge in [0.1, 0.15) is 6.54 Å². The number of carboxylic acid groups (broad SMARTS) is 1. The smallest absolute Gasteiger partial charge is 0.323 e. The first-order valence-electron chi connectivity index (χ1n) is 6.59. The summed E-state index contributed by atoms with van der Waals surface area (Å²) in [7, 11) is 0. The minimum atomic E-state index is -0.983. The second-order valence-corrected chi connectivity index (χ2v) is 5.96. The van der Waals surface area contributed by atoms with Gasteiger partial charge in [-0.1, -0.05) is 12.1 Å². The quantitative estimate of drug-likeness (QED) is 0.906. The molecule has 1 aliphatic carbocycles. The molecule has 0 spiro atoms. The molecule has 4 heteroatoms. The molecule has 4 nitrogen and oxygen atoms in total. The van der Waals surface area contributed by atoms with Gasteiger partial charge >= 0.3 is 5.97 Å². The average molecular weight is 259 g/mol. The van der Waals surface area contributed by atoms with Gasteiger partial charge in [0, 0.05) is 5.69 Å². The molecule has 2 aliphatic rings. The number of hydrogen-bond acceptors (Lipinski definition) is 2. The number of carboxylic acids is 1. The molecule has 1 aromatic carbocycles. The van der Waals surface area contributed by atoms with Gasteiger partial charge < -0.3 is 10.0 Å². The van der Waals surface area contributed by atoms with E-state index in [1.165, 1.54) is 23.3 Å². The number of aliphatic carboxylic acids is 1. The second kappa shape index (κ2) is 3.83. The lowest BCUT2D eigenvalue weighted by Gasteiger charge is -2.18. The topological polar surface area (TPSA) is 57.6 Å². The van der Waals surface area contributed by atoms with Gasteiger partial charge in [-0.15, -0.1) is 0 Å². The second-order valence-electron chi connectivity index (χ2n) is 5.96. The van der Waals surface area contributed by atoms with E-state index in [1.54, 1.807) is 0 Å². The number of fused-ring (bicyclic) bond motifs is 1. The summed E-state index contributed by atoms with van der Waals surface area (Å²) in [6, 6.07) is 6.02. The molecule has 0 saturated heterocycles. The highest BCUT2D eigenvalue weighted by Gasteiger charge is 2.45. The maximum atomic E-state index is 12.4. The number of amides is 1. The summed E-state index contributed by atoms with van der Waals surface area (Å²) in [5.41, 5.74) is 2.36. The summed E-state index contributed by atoms with van der Waals surface area (Å²) < 4.78 is 0. The fraction of sp³-hybridized carbons (Fsp3) is 0.467. The number of benzene rings is 1. The van der Waals surface area contributed by atoms with Crippen LogP contribution in [0.5, 0.6) is 0 Å². The lowest BCUT2D eigenvalue weighted by atomic mass is 9.85. The number of nitrogens with zero attached hydrogens (tertiary/aromatic N) is 1. The molecule has 0 bridgehead atoms. The fourth-order valence-corrected chi connectivity index (χ4v) is 2.81. The molecular formula is C15H17NO3. The Labute approximate surface area is 112 Å². The summed E-state index contributed by atoms with van der Waals surface area (Å²) in [6.07, 6.45) is 2.43. The number of carbonyl (C=O) groups is 2. The van der Waals surface area contributed by atoms with E-state index >= 15 is 0 Å². The van der Waals surface area contributed by atoms with E-state index in [0.717, 1.165) is 11.3 Å². The minimum absolute atomic E-state index is 0.127. The fourth-order valence-electron chi connectivity index (χ4n) is 2.81. The molecule has 0 unspecified atom stereocenters. The first-order chi connectivity index (χ1) is 8.91. The van der Waals surface area contributed by atoms with Gasteiger partial charge in [0.25, 0.3) is 0 Å². The van der Waals surface area contributed by atoms with Gasteiger partial charge in [-0.3, -0.25) is 9.59 Å². The van der Waals surface area contributed by atoms with E-state index < -0.39 is 11.4 Å². The third-order valence-electron chi connectivity index (χ3n) is 4.11. The van der Waals surface area contributed by atoms with E-state index in [9.17, 15) is 9.59 Å². The van der Waals surface area contributed by atoms with Crippen molar-refractivity contribution in [3.8, 4) is 0 Å². The largest absolute Gasteiger partial charge is 0.480 e. The molecule has 0 radical (unpaired) electrons. The van der Waals surface area contributed by atoms with Crippen molar-refractivity contribution in [2.45, 2.75) is 38.0 Å². The van der Waals surface area contributed by atoms with Gasteiger partial charge in [-0.2, -0.15) is 0 Å². The lowest BCUT2D eigenvalue weighted by Crippen LogP contribution is -2.39. The van der Waals surface area contributed by atoms with E-state index in [2.05, 4.69) is 6.07 Å². The van der Waals surface area contributed by atoms with Crippen LogP contribution >= 0.6 is 0 Å². The average Bonchev–Trinajstić information content (AvgIpc) is 3.15. The molecule has 1 N–H and O–H groups in total. The van der Waals surface area contributed by atoms with Crippen LogP contribution in [-0.2, 0) is 15.0 Å². The van der Waals surface area contributed by atoms with E-state index in [1.807, 2.05) is 26.0 Å². The third kappa shape index (κ3) is 1.82. The summed E-state index contributed by atoms with van der Waals surface area (Å²) in [5, 5.41) is 8.95. The van der Waals surface area contributed by atoms with Crippen LogP contribution in [0, 0.1) is 0 Å². The Morgan fingerprint density at radius 2 is 2.11 bits per heavy atom. The molecule has 1 fully saturated rings. The minimum Gasteiger partial charge on any atom is -0.480 e. The van der Waals surface area contributed by atoms with Gasteiger partial charge in [-0.05, 0) is 49.8 Å². The monoisotopic (exact) mass is 259 g/mol.